The maximum Gasteiger partial charge on any atom is 0.412 e. The molecular formula is C24H24ClN3O4. The number of nitrogens with one attached hydrogen (secondary N) is 3. The monoisotopic (exact) mass is 453 g/mol. The Kier molecular flexibility index (Phi) is 6.69. The Balaban J connectivity index is 1.78. The van der Waals surface area contributed by atoms with Crippen molar-refractivity contribution in [3.8, 4) is 11.3 Å². The molecule has 0 fully saturated rings. The Morgan fingerprint density at radius 1 is 1.00 bits per heavy atom. The van der Waals surface area contributed by atoms with Gasteiger partial charge in [0.1, 0.15) is 11.2 Å². The lowest BCUT2D eigenvalue weighted by Gasteiger charge is -2.20. The zero-order valence-corrected chi connectivity index (χ0v) is 19.0. The molecule has 8 heteroatoms. The fourth-order valence-electron chi connectivity index (χ4n) is 2.92. The number of ether oxygens (including phenoxy) is 1. The SMILES string of the molecule is Cc1ccc(NC(=O)OC(C)(C)C)cc1NC(=O)c1ccc(-c2cccc(Cl)c2)[nH]c1=O. The van der Waals surface area contributed by atoms with E-state index in [9.17, 15) is 14.4 Å². The molecule has 0 saturated heterocycles. The minimum atomic E-state index is -0.635. The van der Waals surface area contributed by atoms with E-state index in [1.807, 2.05) is 6.07 Å². The van der Waals surface area contributed by atoms with Crippen LogP contribution in [0.3, 0.4) is 0 Å². The number of benzene rings is 2. The number of halogens is 1. The van der Waals surface area contributed by atoms with Gasteiger partial charge in [0, 0.05) is 22.1 Å². The molecule has 0 radical (unpaired) electrons. The van der Waals surface area contributed by atoms with Gasteiger partial charge in [-0.2, -0.15) is 0 Å². The lowest BCUT2D eigenvalue weighted by atomic mass is 10.1. The van der Waals surface area contributed by atoms with Crippen LogP contribution in [0.25, 0.3) is 11.3 Å². The van der Waals surface area contributed by atoms with Gasteiger partial charge in [-0.15, -0.1) is 0 Å². The van der Waals surface area contributed by atoms with Gasteiger partial charge < -0.3 is 15.0 Å². The summed E-state index contributed by atoms with van der Waals surface area (Å²) >= 11 is 6.01. The highest BCUT2D eigenvalue weighted by Crippen LogP contribution is 2.23. The standard InChI is InChI=1S/C24H24ClN3O4/c1-14-8-9-17(26-23(31)32-24(2,3)4)13-20(14)28-22(30)18-10-11-19(27-21(18)29)15-6-5-7-16(25)12-15/h5-13H,1-4H3,(H,26,31)(H,27,29)(H,28,30). The first kappa shape index (κ1) is 23.1. The average molecular weight is 454 g/mol. The first-order valence-corrected chi connectivity index (χ1v) is 10.3. The summed E-state index contributed by atoms with van der Waals surface area (Å²) in [6, 6.07) is 15.2. The van der Waals surface area contributed by atoms with E-state index in [0.29, 0.717) is 22.1 Å². The smallest absolute Gasteiger partial charge is 0.412 e. The molecule has 3 aromatic rings. The van der Waals surface area contributed by atoms with Gasteiger partial charge in [-0.25, -0.2) is 4.79 Å². The van der Waals surface area contributed by atoms with Crippen molar-refractivity contribution in [1.82, 2.24) is 4.98 Å². The van der Waals surface area contributed by atoms with E-state index in [4.69, 9.17) is 16.3 Å². The lowest BCUT2D eigenvalue weighted by Crippen LogP contribution is -2.27. The van der Waals surface area contributed by atoms with Crippen LogP contribution in [-0.2, 0) is 4.74 Å². The van der Waals surface area contributed by atoms with Crippen molar-refractivity contribution in [2.75, 3.05) is 10.6 Å². The van der Waals surface area contributed by atoms with Gasteiger partial charge in [0.05, 0.1) is 0 Å². The van der Waals surface area contributed by atoms with Gasteiger partial charge in [0.15, 0.2) is 0 Å². The third-order valence-electron chi connectivity index (χ3n) is 4.42. The van der Waals surface area contributed by atoms with Crippen molar-refractivity contribution in [3.05, 3.63) is 81.1 Å². The Labute approximate surface area is 190 Å². The molecule has 1 heterocycles. The van der Waals surface area contributed by atoms with Crippen LogP contribution in [0.5, 0.6) is 0 Å². The summed E-state index contributed by atoms with van der Waals surface area (Å²) in [7, 11) is 0. The highest BCUT2D eigenvalue weighted by atomic mass is 35.5. The van der Waals surface area contributed by atoms with Gasteiger partial charge in [-0.05, 0) is 75.2 Å². The van der Waals surface area contributed by atoms with E-state index in [0.717, 1.165) is 11.1 Å². The van der Waals surface area contributed by atoms with E-state index in [-0.39, 0.29) is 5.56 Å². The summed E-state index contributed by atoms with van der Waals surface area (Å²) in [6.07, 6.45) is -0.605. The normalized spacial score (nSPS) is 11.0. The number of aryl methyl sites for hydroxylation is 1. The summed E-state index contributed by atoms with van der Waals surface area (Å²) < 4.78 is 5.24. The second kappa shape index (κ2) is 9.28. The Morgan fingerprint density at radius 2 is 1.75 bits per heavy atom. The minimum Gasteiger partial charge on any atom is -0.444 e. The molecule has 1 aromatic heterocycles. The van der Waals surface area contributed by atoms with Crippen molar-refractivity contribution >= 4 is 35.0 Å². The number of carbonyl (C=O) groups is 2. The highest BCUT2D eigenvalue weighted by molar-refractivity contribution is 6.30. The first-order valence-electron chi connectivity index (χ1n) is 9.93. The number of carbonyl (C=O) groups excluding carboxylic acids is 2. The Morgan fingerprint density at radius 3 is 2.41 bits per heavy atom. The molecule has 0 aliphatic carbocycles. The topological polar surface area (TPSA) is 100 Å². The molecule has 7 nitrogen and oxygen atoms in total. The zero-order chi connectivity index (χ0) is 23.5. The van der Waals surface area contributed by atoms with E-state index in [1.165, 1.54) is 6.07 Å². The maximum atomic E-state index is 12.7. The third kappa shape index (κ3) is 5.98. The van der Waals surface area contributed by atoms with Crippen molar-refractivity contribution in [1.29, 1.82) is 0 Å². The van der Waals surface area contributed by atoms with Gasteiger partial charge in [0.2, 0.25) is 0 Å². The molecular weight excluding hydrogens is 430 g/mol. The molecule has 0 aliphatic heterocycles. The Bertz CT molecular complexity index is 1230. The zero-order valence-electron chi connectivity index (χ0n) is 18.2. The predicted octanol–water partition coefficient (Wildman–Crippen LogP) is 5.60. The van der Waals surface area contributed by atoms with Gasteiger partial charge in [0.25, 0.3) is 11.5 Å². The molecule has 0 spiro atoms. The summed E-state index contributed by atoms with van der Waals surface area (Å²) in [5, 5.41) is 5.90. The fourth-order valence-corrected chi connectivity index (χ4v) is 3.11. The number of aromatic amines is 1. The number of hydrogen-bond donors (Lipinski definition) is 3. The molecule has 0 saturated carbocycles. The average Bonchev–Trinajstić information content (AvgIpc) is 2.69. The number of hydrogen-bond acceptors (Lipinski definition) is 4. The molecule has 0 bridgehead atoms. The van der Waals surface area contributed by atoms with Crippen LogP contribution >= 0.6 is 11.6 Å². The largest absolute Gasteiger partial charge is 0.444 e. The number of amides is 2. The molecule has 166 valence electrons. The quantitative estimate of drug-likeness (QED) is 0.478. The van der Waals surface area contributed by atoms with Crippen LogP contribution in [0.2, 0.25) is 5.02 Å². The molecule has 32 heavy (non-hydrogen) atoms. The van der Waals surface area contributed by atoms with Crippen molar-refractivity contribution < 1.29 is 14.3 Å². The van der Waals surface area contributed by atoms with Gasteiger partial charge in [-0.3, -0.25) is 14.9 Å². The summed E-state index contributed by atoms with van der Waals surface area (Å²) in [5.74, 6) is -0.568. The minimum absolute atomic E-state index is 0.0410. The highest BCUT2D eigenvalue weighted by Gasteiger charge is 2.17. The van der Waals surface area contributed by atoms with Crippen molar-refractivity contribution in [2.24, 2.45) is 0 Å². The molecule has 2 amide bonds. The van der Waals surface area contributed by atoms with Crippen LogP contribution in [0, 0.1) is 6.92 Å². The van der Waals surface area contributed by atoms with Gasteiger partial charge in [-0.1, -0.05) is 29.8 Å². The molecule has 2 aromatic carbocycles. The van der Waals surface area contributed by atoms with Crippen molar-refractivity contribution in [2.45, 2.75) is 33.3 Å². The summed E-state index contributed by atoms with van der Waals surface area (Å²) in [6.45, 7) is 7.10. The van der Waals surface area contributed by atoms with Crippen molar-refractivity contribution in [3.63, 3.8) is 0 Å². The second-order valence-electron chi connectivity index (χ2n) is 8.24. The molecule has 0 atom stereocenters. The van der Waals surface area contributed by atoms with E-state index in [2.05, 4.69) is 15.6 Å². The van der Waals surface area contributed by atoms with E-state index < -0.39 is 23.2 Å². The number of H-pyrrole nitrogens is 1. The van der Waals surface area contributed by atoms with Crippen LogP contribution < -0.4 is 16.2 Å². The van der Waals surface area contributed by atoms with E-state index >= 15 is 0 Å². The maximum absolute atomic E-state index is 12.7. The molecule has 3 N–H and O–H groups in total. The number of rotatable bonds is 4. The lowest BCUT2D eigenvalue weighted by molar-refractivity contribution is 0.0636. The summed E-state index contributed by atoms with van der Waals surface area (Å²) in [5.41, 5.74) is 1.75. The fraction of sp³-hybridized carbons (Fsp3) is 0.208. The number of pyridine rings is 1. The molecule has 0 aliphatic rings. The van der Waals surface area contributed by atoms with Gasteiger partial charge >= 0.3 is 6.09 Å². The van der Waals surface area contributed by atoms with Crippen LogP contribution in [-0.4, -0.2) is 22.6 Å². The van der Waals surface area contributed by atoms with Crippen LogP contribution in [0.4, 0.5) is 16.2 Å². The number of aromatic nitrogens is 1. The Hall–Kier alpha value is -3.58. The third-order valence-corrected chi connectivity index (χ3v) is 4.66. The first-order chi connectivity index (χ1) is 15.0. The summed E-state index contributed by atoms with van der Waals surface area (Å²) in [4.78, 5) is 40.0. The second-order valence-corrected chi connectivity index (χ2v) is 8.67. The molecule has 0 unspecified atom stereocenters. The predicted molar refractivity (Wildman–Crippen MR) is 126 cm³/mol. The number of anilines is 2. The molecule has 3 rings (SSSR count). The van der Waals surface area contributed by atoms with Crippen LogP contribution in [0.15, 0.2) is 59.4 Å². The van der Waals surface area contributed by atoms with E-state index in [1.54, 1.807) is 70.2 Å². The van der Waals surface area contributed by atoms with Crippen LogP contribution in [0.1, 0.15) is 36.7 Å².